The van der Waals surface area contributed by atoms with Gasteiger partial charge in [0.05, 0.1) is 18.1 Å². The molecule has 1 N–H and O–H groups in total. The molecule has 0 saturated heterocycles. The van der Waals surface area contributed by atoms with E-state index in [1.807, 2.05) is 30.3 Å². The Kier molecular flexibility index (Phi) is 7.39. The molecule has 0 unspecified atom stereocenters. The van der Waals surface area contributed by atoms with E-state index in [0.717, 1.165) is 4.90 Å². The Labute approximate surface area is 166 Å². The van der Waals surface area contributed by atoms with Gasteiger partial charge in [0.25, 0.3) is 11.6 Å². The zero-order valence-corrected chi connectivity index (χ0v) is 16.4. The average Bonchev–Trinajstić information content (AvgIpc) is 2.68. The van der Waals surface area contributed by atoms with Crippen molar-refractivity contribution in [3.63, 3.8) is 0 Å². The number of hydrogen-bond acceptors (Lipinski definition) is 7. The van der Waals surface area contributed by atoms with E-state index >= 15 is 0 Å². The van der Waals surface area contributed by atoms with Crippen LogP contribution in [0.2, 0.25) is 0 Å². The fourth-order valence-electron chi connectivity index (χ4n) is 2.20. The number of benzene rings is 2. The molecular formula is C19H20N2O6S. The van der Waals surface area contributed by atoms with Crippen molar-refractivity contribution < 1.29 is 24.0 Å². The van der Waals surface area contributed by atoms with Gasteiger partial charge in [-0.3, -0.25) is 19.7 Å². The van der Waals surface area contributed by atoms with Gasteiger partial charge < -0.3 is 14.8 Å². The second kappa shape index (κ2) is 9.75. The maximum atomic E-state index is 12.3. The summed E-state index contributed by atoms with van der Waals surface area (Å²) >= 11 is 1.31. The average molecular weight is 404 g/mol. The highest BCUT2D eigenvalue weighted by Crippen LogP contribution is 2.29. The molecule has 2 atom stereocenters. The van der Waals surface area contributed by atoms with E-state index in [1.165, 1.54) is 44.0 Å². The minimum atomic E-state index is -1.12. The van der Waals surface area contributed by atoms with Crippen molar-refractivity contribution in [3.8, 4) is 5.75 Å². The third-order valence-electron chi connectivity index (χ3n) is 3.71. The molecule has 9 heteroatoms. The van der Waals surface area contributed by atoms with E-state index in [-0.39, 0.29) is 17.1 Å². The molecule has 0 heterocycles. The van der Waals surface area contributed by atoms with Gasteiger partial charge in [0.1, 0.15) is 16.7 Å². The second-order valence-corrected chi connectivity index (χ2v) is 7.20. The molecule has 0 aromatic heterocycles. The summed E-state index contributed by atoms with van der Waals surface area (Å²) in [6.07, 6.45) is -1.12. The van der Waals surface area contributed by atoms with Crippen molar-refractivity contribution in [2.45, 2.75) is 30.1 Å². The number of thioether (sulfide) groups is 1. The lowest BCUT2D eigenvalue weighted by Gasteiger charge is -2.16. The van der Waals surface area contributed by atoms with Gasteiger partial charge in [-0.25, -0.2) is 0 Å². The minimum Gasteiger partial charge on any atom is -0.496 e. The van der Waals surface area contributed by atoms with Crippen LogP contribution in [0.25, 0.3) is 0 Å². The summed E-state index contributed by atoms with van der Waals surface area (Å²) in [5, 5.41) is 13.1. The van der Waals surface area contributed by atoms with Gasteiger partial charge in [-0.15, -0.1) is 11.8 Å². The van der Waals surface area contributed by atoms with Crippen LogP contribution in [0.3, 0.4) is 0 Å². The van der Waals surface area contributed by atoms with Crippen molar-refractivity contribution in [2.75, 3.05) is 12.4 Å². The van der Waals surface area contributed by atoms with Crippen LogP contribution in [0.4, 0.5) is 11.4 Å². The van der Waals surface area contributed by atoms with E-state index in [9.17, 15) is 19.7 Å². The third kappa shape index (κ3) is 5.71. The number of carbonyl (C=O) groups is 2. The van der Waals surface area contributed by atoms with Crippen LogP contribution in [0.5, 0.6) is 5.75 Å². The van der Waals surface area contributed by atoms with Crippen LogP contribution in [-0.4, -0.2) is 35.3 Å². The third-order valence-corrected chi connectivity index (χ3v) is 4.80. The largest absolute Gasteiger partial charge is 0.496 e. The number of anilines is 1. The lowest BCUT2D eigenvalue weighted by Crippen LogP contribution is -2.32. The summed E-state index contributed by atoms with van der Waals surface area (Å²) in [5.41, 5.74) is -0.329. The number of ether oxygens (including phenoxy) is 2. The first-order valence-corrected chi connectivity index (χ1v) is 9.25. The SMILES string of the molecule is COc1ccc(NC(=O)[C@H](C)OC(=O)[C@@H](C)Sc2ccccc2)c([N+](=O)[O-])c1. The molecule has 0 saturated carbocycles. The van der Waals surface area contributed by atoms with Crippen molar-refractivity contribution in [3.05, 3.63) is 58.6 Å². The molecule has 2 aromatic rings. The molecule has 2 aromatic carbocycles. The molecule has 8 nitrogen and oxygen atoms in total. The summed E-state index contributed by atoms with van der Waals surface area (Å²) < 4.78 is 10.1. The van der Waals surface area contributed by atoms with Gasteiger partial charge in [-0.1, -0.05) is 18.2 Å². The molecule has 0 fully saturated rings. The van der Waals surface area contributed by atoms with E-state index in [1.54, 1.807) is 6.92 Å². The van der Waals surface area contributed by atoms with E-state index in [0.29, 0.717) is 0 Å². The highest BCUT2D eigenvalue weighted by molar-refractivity contribution is 8.00. The Morgan fingerprint density at radius 3 is 2.43 bits per heavy atom. The summed E-state index contributed by atoms with van der Waals surface area (Å²) in [6, 6.07) is 13.4. The normalized spacial score (nSPS) is 12.5. The molecule has 148 valence electrons. The van der Waals surface area contributed by atoms with Crippen LogP contribution in [0.15, 0.2) is 53.4 Å². The van der Waals surface area contributed by atoms with Gasteiger partial charge in [-0.2, -0.15) is 0 Å². The number of esters is 1. The smallest absolute Gasteiger partial charge is 0.319 e. The van der Waals surface area contributed by atoms with Crippen LogP contribution in [-0.2, 0) is 14.3 Å². The van der Waals surface area contributed by atoms with Crippen LogP contribution in [0.1, 0.15) is 13.8 Å². The number of carbonyl (C=O) groups excluding carboxylic acids is 2. The molecule has 0 spiro atoms. The van der Waals surface area contributed by atoms with Crippen LogP contribution >= 0.6 is 11.8 Å². The highest BCUT2D eigenvalue weighted by Gasteiger charge is 2.25. The molecule has 2 rings (SSSR count). The molecule has 28 heavy (non-hydrogen) atoms. The summed E-state index contributed by atoms with van der Waals surface area (Å²) in [6.45, 7) is 3.08. The first-order valence-electron chi connectivity index (χ1n) is 8.37. The predicted molar refractivity (Wildman–Crippen MR) is 106 cm³/mol. The van der Waals surface area contributed by atoms with E-state index < -0.39 is 28.2 Å². The number of nitro groups is 1. The second-order valence-electron chi connectivity index (χ2n) is 5.78. The van der Waals surface area contributed by atoms with Gasteiger partial charge in [0, 0.05) is 4.90 Å². The Balaban J connectivity index is 1.99. The number of rotatable bonds is 8. The molecular weight excluding hydrogens is 384 g/mol. The maximum Gasteiger partial charge on any atom is 0.319 e. The Hall–Kier alpha value is -3.07. The molecule has 0 aliphatic carbocycles. The summed E-state index contributed by atoms with van der Waals surface area (Å²) in [4.78, 5) is 36.0. The first kappa shape index (κ1) is 21.2. The standard InChI is InChI=1S/C19H20N2O6S/c1-12(27-19(23)13(2)28-15-7-5-4-6-8-15)18(22)20-16-10-9-14(26-3)11-17(16)21(24)25/h4-13H,1-3H3,(H,20,22)/t12-,13+/m0/s1. The molecule has 1 amide bonds. The summed E-state index contributed by atoms with van der Waals surface area (Å²) in [5.74, 6) is -0.935. The fourth-order valence-corrected chi connectivity index (χ4v) is 3.08. The predicted octanol–water partition coefficient (Wildman–Crippen LogP) is 3.65. The summed E-state index contributed by atoms with van der Waals surface area (Å²) in [7, 11) is 1.38. The topological polar surface area (TPSA) is 108 Å². The quantitative estimate of drug-likeness (QED) is 0.310. The number of amides is 1. The number of nitro benzene ring substituents is 1. The zero-order valence-electron chi connectivity index (χ0n) is 15.6. The maximum absolute atomic E-state index is 12.3. The Morgan fingerprint density at radius 2 is 1.82 bits per heavy atom. The van der Waals surface area contributed by atoms with Crippen molar-refractivity contribution in [1.82, 2.24) is 0 Å². The lowest BCUT2D eigenvalue weighted by atomic mass is 10.2. The molecule has 0 bridgehead atoms. The van der Waals surface area contributed by atoms with Crippen LogP contribution < -0.4 is 10.1 Å². The van der Waals surface area contributed by atoms with E-state index in [2.05, 4.69) is 5.32 Å². The monoisotopic (exact) mass is 404 g/mol. The lowest BCUT2D eigenvalue weighted by molar-refractivity contribution is -0.384. The number of methoxy groups -OCH3 is 1. The molecule has 0 radical (unpaired) electrons. The van der Waals surface area contributed by atoms with Crippen molar-refractivity contribution in [2.24, 2.45) is 0 Å². The van der Waals surface area contributed by atoms with Crippen molar-refractivity contribution >= 4 is 35.0 Å². The van der Waals surface area contributed by atoms with Gasteiger partial charge in [-0.05, 0) is 38.1 Å². The Bertz CT molecular complexity index is 859. The van der Waals surface area contributed by atoms with Gasteiger partial charge in [0.15, 0.2) is 6.10 Å². The number of nitrogens with one attached hydrogen (secondary N) is 1. The highest BCUT2D eigenvalue weighted by atomic mass is 32.2. The number of nitrogens with zero attached hydrogens (tertiary/aromatic N) is 1. The number of hydrogen-bond donors (Lipinski definition) is 1. The molecule has 0 aliphatic heterocycles. The Morgan fingerprint density at radius 1 is 1.14 bits per heavy atom. The van der Waals surface area contributed by atoms with E-state index in [4.69, 9.17) is 9.47 Å². The molecule has 0 aliphatic rings. The van der Waals surface area contributed by atoms with Crippen molar-refractivity contribution in [1.29, 1.82) is 0 Å². The first-order chi connectivity index (χ1) is 13.3. The van der Waals surface area contributed by atoms with Gasteiger partial charge >= 0.3 is 5.97 Å². The van der Waals surface area contributed by atoms with Crippen LogP contribution in [0, 0.1) is 10.1 Å². The minimum absolute atomic E-state index is 0.00888. The van der Waals surface area contributed by atoms with Gasteiger partial charge in [0.2, 0.25) is 0 Å². The fraction of sp³-hybridized carbons (Fsp3) is 0.263. The zero-order chi connectivity index (χ0) is 20.7.